The highest BCUT2D eigenvalue weighted by atomic mass is 32.1. The monoisotopic (exact) mass is 178 g/mol. The summed E-state index contributed by atoms with van der Waals surface area (Å²) in [6.45, 7) is 0. The van der Waals surface area contributed by atoms with Crippen molar-refractivity contribution < 1.29 is 0 Å². The Labute approximate surface area is 73.9 Å². The molecule has 2 rings (SSSR count). The third kappa shape index (κ3) is 1.26. The smallest absolute Gasteiger partial charge is 0.173 e. The van der Waals surface area contributed by atoms with Crippen LogP contribution in [0, 0.1) is 4.64 Å². The maximum atomic E-state index is 4.85. The molecule has 0 unspecified atom stereocenters. The first-order valence-corrected chi connectivity index (χ1v) is 3.83. The summed E-state index contributed by atoms with van der Waals surface area (Å²) in [6.07, 6.45) is 3.52. The molecule has 0 aliphatic rings. The lowest BCUT2D eigenvalue weighted by atomic mass is 10.5. The zero-order valence-electron chi connectivity index (χ0n) is 6.14. The maximum absolute atomic E-state index is 4.85. The largest absolute Gasteiger partial charge is 0.266 e. The van der Waals surface area contributed by atoms with E-state index in [0.717, 1.165) is 5.82 Å². The Morgan fingerprint density at radius 3 is 2.92 bits per heavy atom. The number of hydrogen-bond acceptors (Lipinski definition) is 3. The molecule has 5 heteroatoms. The van der Waals surface area contributed by atoms with Crippen LogP contribution in [0.4, 0.5) is 0 Å². The van der Waals surface area contributed by atoms with Gasteiger partial charge in [0.2, 0.25) is 0 Å². The van der Waals surface area contributed by atoms with Gasteiger partial charge >= 0.3 is 0 Å². The summed E-state index contributed by atoms with van der Waals surface area (Å²) in [4.78, 5) is 0. The summed E-state index contributed by atoms with van der Waals surface area (Å²) < 4.78 is 2.27. The second-order valence-corrected chi connectivity index (χ2v) is 2.67. The lowest BCUT2D eigenvalue weighted by molar-refractivity contribution is 0.811. The number of hydrogen-bond donors (Lipinski definition) is 1. The van der Waals surface area contributed by atoms with Gasteiger partial charge in [0, 0.05) is 12.4 Å². The highest BCUT2D eigenvalue weighted by Gasteiger charge is 1.94. The van der Waals surface area contributed by atoms with Gasteiger partial charge < -0.3 is 0 Å². The maximum Gasteiger partial charge on any atom is 0.173 e. The summed E-state index contributed by atoms with van der Waals surface area (Å²) in [6, 6.07) is 5.43. The van der Waals surface area contributed by atoms with E-state index < -0.39 is 0 Å². The van der Waals surface area contributed by atoms with Crippen LogP contribution in [0.25, 0.3) is 5.82 Å². The van der Waals surface area contributed by atoms with E-state index in [4.69, 9.17) is 12.2 Å². The van der Waals surface area contributed by atoms with Crippen molar-refractivity contribution >= 4 is 12.2 Å². The Morgan fingerprint density at radius 1 is 1.42 bits per heavy atom. The fourth-order valence-corrected chi connectivity index (χ4v) is 0.983. The highest BCUT2D eigenvalue weighted by molar-refractivity contribution is 7.71. The predicted molar refractivity (Wildman–Crippen MR) is 46.5 cm³/mol. The van der Waals surface area contributed by atoms with Gasteiger partial charge in [-0.25, -0.2) is 4.68 Å². The molecule has 4 nitrogen and oxygen atoms in total. The number of nitrogens with zero attached hydrogens (tertiary/aromatic N) is 3. The average molecular weight is 178 g/mol. The summed E-state index contributed by atoms with van der Waals surface area (Å²) in [5, 5.41) is 10.7. The predicted octanol–water partition coefficient (Wildman–Crippen LogP) is 1.32. The molecule has 0 radical (unpaired) electrons. The number of rotatable bonds is 1. The molecule has 60 valence electrons. The average Bonchev–Trinajstić information content (AvgIpc) is 2.58. The minimum atomic E-state index is 0.617. The van der Waals surface area contributed by atoms with Crippen molar-refractivity contribution in [2.24, 2.45) is 0 Å². The Hall–Kier alpha value is -1.49. The van der Waals surface area contributed by atoms with Crippen LogP contribution < -0.4 is 0 Å². The van der Waals surface area contributed by atoms with Crippen molar-refractivity contribution in [3.63, 3.8) is 0 Å². The first-order valence-electron chi connectivity index (χ1n) is 3.42. The summed E-state index contributed by atoms with van der Waals surface area (Å²) >= 11 is 4.85. The summed E-state index contributed by atoms with van der Waals surface area (Å²) in [5.41, 5.74) is 0. The molecule has 2 heterocycles. The molecule has 2 aromatic heterocycles. The fraction of sp³-hybridized carbons (Fsp3) is 0. The van der Waals surface area contributed by atoms with Crippen molar-refractivity contribution in [3.05, 3.63) is 35.2 Å². The van der Waals surface area contributed by atoms with Crippen LogP contribution in [0.2, 0.25) is 0 Å². The Balaban J connectivity index is 2.49. The molecule has 0 bridgehead atoms. The molecule has 2 aromatic rings. The van der Waals surface area contributed by atoms with Crippen molar-refractivity contribution in [1.82, 2.24) is 20.0 Å². The highest BCUT2D eigenvalue weighted by Crippen LogP contribution is 1.98. The molecule has 12 heavy (non-hydrogen) atoms. The van der Waals surface area contributed by atoms with Crippen LogP contribution in [-0.4, -0.2) is 20.0 Å². The Morgan fingerprint density at radius 2 is 2.33 bits per heavy atom. The van der Waals surface area contributed by atoms with E-state index in [9.17, 15) is 0 Å². The number of aromatic amines is 1. The number of H-pyrrole nitrogens is 1. The molecule has 0 aliphatic carbocycles. The zero-order chi connectivity index (χ0) is 8.39. The number of aromatic nitrogens is 4. The third-order valence-electron chi connectivity index (χ3n) is 1.40. The second kappa shape index (κ2) is 2.86. The van der Waals surface area contributed by atoms with Crippen molar-refractivity contribution in [2.75, 3.05) is 0 Å². The fourth-order valence-electron chi connectivity index (χ4n) is 0.869. The summed E-state index contributed by atoms with van der Waals surface area (Å²) in [5.74, 6) is 0.730. The van der Waals surface area contributed by atoms with Gasteiger partial charge in [0.1, 0.15) is 4.64 Å². The normalized spacial score (nSPS) is 10.0. The van der Waals surface area contributed by atoms with Crippen LogP contribution >= 0.6 is 12.2 Å². The van der Waals surface area contributed by atoms with Crippen molar-refractivity contribution in [1.29, 1.82) is 0 Å². The van der Waals surface area contributed by atoms with E-state index in [-0.39, 0.29) is 0 Å². The van der Waals surface area contributed by atoms with Gasteiger partial charge in [0.25, 0.3) is 0 Å². The molecular formula is C7H6N4S. The molecule has 0 aromatic carbocycles. The lowest BCUT2D eigenvalue weighted by Gasteiger charge is -1.96. The summed E-state index contributed by atoms with van der Waals surface area (Å²) in [7, 11) is 0. The molecule has 0 atom stereocenters. The van der Waals surface area contributed by atoms with Gasteiger partial charge in [0.15, 0.2) is 5.82 Å². The van der Waals surface area contributed by atoms with Gasteiger partial charge in [-0.15, -0.1) is 0 Å². The van der Waals surface area contributed by atoms with Crippen molar-refractivity contribution in [3.8, 4) is 5.82 Å². The lowest BCUT2D eigenvalue weighted by Crippen LogP contribution is -1.98. The van der Waals surface area contributed by atoms with E-state index in [0.29, 0.717) is 4.64 Å². The van der Waals surface area contributed by atoms with Crippen LogP contribution in [0.15, 0.2) is 30.6 Å². The van der Waals surface area contributed by atoms with Crippen molar-refractivity contribution in [2.45, 2.75) is 0 Å². The third-order valence-corrected chi connectivity index (χ3v) is 1.63. The zero-order valence-corrected chi connectivity index (χ0v) is 6.95. The first kappa shape index (κ1) is 7.17. The SMILES string of the molecule is S=c1ccc(-n2cccn2)n[nH]1. The van der Waals surface area contributed by atoms with Gasteiger partial charge in [0.05, 0.1) is 0 Å². The van der Waals surface area contributed by atoms with E-state index in [2.05, 4.69) is 15.3 Å². The van der Waals surface area contributed by atoms with E-state index in [1.54, 1.807) is 16.9 Å². The molecule has 0 saturated carbocycles. The van der Waals surface area contributed by atoms with Gasteiger partial charge in [-0.1, -0.05) is 12.2 Å². The Kier molecular flexibility index (Phi) is 1.71. The van der Waals surface area contributed by atoms with E-state index in [1.807, 2.05) is 18.3 Å². The van der Waals surface area contributed by atoms with Crippen LogP contribution in [0.3, 0.4) is 0 Å². The van der Waals surface area contributed by atoms with E-state index >= 15 is 0 Å². The molecular weight excluding hydrogens is 172 g/mol. The standard InChI is InChI=1S/C7H6N4S/c12-7-3-2-6(9-10-7)11-5-1-4-8-11/h1-5H,(H,10,12). The van der Waals surface area contributed by atoms with Crippen LogP contribution in [0.1, 0.15) is 0 Å². The molecule has 0 amide bonds. The Bertz CT molecular complexity index is 397. The first-order chi connectivity index (χ1) is 5.86. The molecule has 0 fully saturated rings. The molecule has 1 N–H and O–H groups in total. The van der Waals surface area contributed by atoms with Gasteiger partial charge in [-0.05, 0) is 18.2 Å². The minimum absolute atomic E-state index is 0.617. The van der Waals surface area contributed by atoms with Crippen LogP contribution in [0.5, 0.6) is 0 Å². The minimum Gasteiger partial charge on any atom is -0.266 e. The quantitative estimate of drug-likeness (QED) is 0.670. The van der Waals surface area contributed by atoms with Crippen LogP contribution in [-0.2, 0) is 0 Å². The van der Waals surface area contributed by atoms with E-state index in [1.165, 1.54) is 0 Å². The molecule has 0 saturated heterocycles. The molecule has 0 aliphatic heterocycles. The topological polar surface area (TPSA) is 46.5 Å². The van der Waals surface area contributed by atoms with Gasteiger partial charge in [-0.2, -0.15) is 10.2 Å². The van der Waals surface area contributed by atoms with Gasteiger partial charge in [-0.3, -0.25) is 5.10 Å². The number of nitrogens with one attached hydrogen (secondary N) is 1. The molecule has 0 spiro atoms. The second-order valence-electron chi connectivity index (χ2n) is 2.23.